The lowest BCUT2D eigenvalue weighted by Gasteiger charge is -2.24. The van der Waals surface area contributed by atoms with Crippen molar-refractivity contribution in [3.8, 4) is 0 Å². The number of nitrogens with one attached hydrogen (secondary N) is 1. The molecule has 1 amide bonds. The Kier molecular flexibility index (Phi) is 5.04. The van der Waals surface area contributed by atoms with Gasteiger partial charge in [-0.05, 0) is 61.4 Å². The Labute approximate surface area is 160 Å². The average Bonchev–Trinajstić information content (AvgIpc) is 3.23. The zero-order valence-corrected chi connectivity index (χ0v) is 16.2. The van der Waals surface area contributed by atoms with Gasteiger partial charge in [0, 0.05) is 5.69 Å². The molecule has 1 N–H and O–H groups in total. The maximum atomic E-state index is 12.9. The van der Waals surface area contributed by atoms with E-state index in [9.17, 15) is 13.2 Å². The van der Waals surface area contributed by atoms with E-state index in [0.29, 0.717) is 10.6 Å². The fourth-order valence-electron chi connectivity index (χ4n) is 4.40. The van der Waals surface area contributed by atoms with Crippen molar-refractivity contribution in [3.05, 3.63) is 59.7 Å². The van der Waals surface area contributed by atoms with E-state index in [1.54, 1.807) is 24.3 Å². The first-order valence-corrected chi connectivity index (χ1v) is 11.3. The van der Waals surface area contributed by atoms with Crippen LogP contribution in [0.4, 0.5) is 5.69 Å². The fraction of sp³-hybridized carbons (Fsp3) is 0.409. The first-order chi connectivity index (χ1) is 13.1. The molecule has 2 aliphatic rings. The van der Waals surface area contributed by atoms with E-state index in [1.165, 1.54) is 5.56 Å². The van der Waals surface area contributed by atoms with E-state index in [-0.39, 0.29) is 17.1 Å². The van der Waals surface area contributed by atoms with Crippen LogP contribution >= 0.6 is 0 Å². The van der Waals surface area contributed by atoms with Crippen molar-refractivity contribution in [2.75, 3.05) is 5.32 Å². The van der Waals surface area contributed by atoms with E-state index in [2.05, 4.69) is 11.4 Å². The summed E-state index contributed by atoms with van der Waals surface area (Å²) in [5.74, 6) is -0.234. The molecule has 2 aliphatic carbocycles. The Balaban J connectivity index is 1.55. The van der Waals surface area contributed by atoms with Crippen LogP contribution in [-0.4, -0.2) is 19.6 Å². The molecule has 0 saturated heterocycles. The summed E-state index contributed by atoms with van der Waals surface area (Å²) in [5, 5.41) is 2.67. The largest absolute Gasteiger partial charge is 0.326 e. The molecule has 2 aromatic carbocycles. The lowest BCUT2D eigenvalue weighted by Crippen LogP contribution is -2.25. The Morgan fingerprint density at radius 2 is 1.70 bits per heavy atom. The molecule has 27 heavy (non-hydrogen) atoms. The monoisotopic (exact) mass is 383 g/mol. The number of fused-ring (bicyclic) bond motifs is 1. The first-order valence-electron chi connectivity index (χ1n) is 9.78. The fourth-order valence-corrected chi connectivity index (χ4v) is 6.30. The molecular formula is C22H25NO3S. The van der Waals surface area contributed by atoms with Gasteiger partial charge < -0.3 is 5.32 Å². The summed E-state index contributed by atoms with van der Waals surface area (Å²) in [4.78, 5) is 13.2. The second-order valence-corrected chi connectivity index (χ2v) is 9.84. The van der Waals surface area contributed by atoms with Gasteiger partial charge in [0.05, 0.1) is 16.1 Å². The van der Waals surface area contributed by atoms with Crippen LogP contribution in [0.5, 0.6) is 0 Å². The van der Waals surface area contributed by atoms with Gasteiger partial charge in [-0.25, -0.2) is 8.42 Å². The number of anilines is 1. The highest BCUT2D eigenvalue weighted by molar-refractivity contribution is 7.92. The molecule has 0 aliphatic heterocycles. The normalized spacial score (nSPS) is 20.2. The molecule has 2 aromatic rings. The Bertz CT molecular complexity index is 946. The number of amides is 1. The SMILES string of the molecule is O=C(Nc1cccc(S(=O)(=O)C2CCCC2)c1)C1CCCc2ccccc21. The molecule has 0 radical (unpaired) electrons. The molecule has 0 bridgehead atoms. The van der Waals surface area contributed by atoms with E-state index in [0.717, 1.165) is 50.5 Å². The number of carbonyl (C=O) groups is 1. The maximum absolute atomic E-state index is 12.9. The number of benzene rings is 2. The topological polar surface area (TPSA) is 63.2 Å². The number of sulfone groups is 1. The molecule has 1 fully saturated rings. The molecule has 4 rings (SSSR count). The van der Waals surface area contributed by atoms with Crippen LogP contribution in [0, 0.1) is 0 Å². The minimum Gasteiger partial charge on any atom is -0.326 e. The first kappa shape index (κ1) is 18.2. The smallest absolute Gasteiger partial charge is 0.231 e. The predicted octanol–water partition coefficient (Wildman–Crippen LogP) is 4.46. The Hall–Kier alpha value is -2.14. The molecule has 5 heteroatoms. The van der Waals surface area contributed by atoms with Crippen LogP contribution < -0.4 is 5.32 Å². The van der Waals surface area contributed by atoms with Crippen molar-refractivity contribution >= 4 is 21.4 Å². The second-order valence-electron chi connectivity index (χ2n) is 7.61. The molecule has 142 valence electrons. The summed E-state index contributed by atoms with van der Waals surface area (Å²) < 4.78 is 25.7. The van der Waals surface area contributed by atoms with Gasteiger partial charge >= 0.3 is 0 Å². The third-order valence-corrected chi connectivity index (χ3v) is 8.12. The van der Waals surface area contributed by atoms with Crippen molar-refractivity contribution < 1.29 is 13.2 Å². The summed E-state index contributed by atoms with van der Waals surface area (Å²) in [6.07, 6.45) is 6.24. The van der Waals surface area contributed by atoms with Gasteiger partial charge in [0.15, 0.2) is 9.84 Å². The number of rotatable bonds is 4. The van der Waals surface area contributed by atoms with Gasteiger partial charge in [0.1, 0.15) is 0 Å². The number of aryl methyl sites for hydroxylation is 1. The van der Waals surface area contributed by atoms with Gasteiger partial charge in [0.25, 0.3) is 0 Å². The minimum atomic E-state index is -3.32. The minimum absolute atomic E-state index is 0.0578. The van der Waals surface area contributed by atoms with Crippen molar-refractivity contribution in [3.63, 3.8) is 0 Å². The highest BCUT2D eigenvalue weighted by Gasteiger charge is 2.31. The summed E-state index contributed by atoms with van der Waals surface area (Å²) in [7, 11) is -3.32. The van der Waals surface area contributed by atoms with Crippen LogP contribution in [0.1, 0.15) is 55.6 Å². The molecule has 4 nitrogen and oxygen atoms in total. The number of carbonyl (C=O) groups excluding carboxylic acids is 1. The number of hydrogen-bond acceptors (Lipinski definition) is 3. The van der Waals surface area contributed by atoms with Crippen molar-refractivity contribution in [2.45, 2.75) is 61.0 Å². The highest BCUT2D eigenvalue weighted by atomic mass is 32.2. The molecule has 0 heterocycles. The predicted molar refractivity (Wildman–Crippen MR) is 107 cm³/mol. The third-order valence-electron chi connectivity index (χ3n) is 5.86. The van der Waals surface area contributed by atoms with E-state index in [1.807, 2.05) is 18.2 Å². The lowest BCUT2D eigenvalue weighted by atomic mass is 9.82. The standard InChI is InChI=1S/C22H25NO3S/c24-22(21-14-5-8-16-7-1-4-13-20(16)21)23-17-9-6-12-19(15-17)27(25,26)18-10-2-3-11-18/h1,4,6-7,9,12-13,15,18,21H,2-3,5,8,10-11,14H2,(H,23,24). The maximum Gasteiger partial charge on any atom is 0.231 e. The summed E-state index contributed by atoms with van der Waals surface area (Å²) >= 11 is 0. The number of hydrogen-bond donors (Lipinski definition) is 1. The Morgan fingerprint density at radius 1 is 0.926 bits per heavy atom. The van der Waals surface area contributed by atoms with Crippen LogP contribution in [0.25, 0.3) is 0 Å². The lowest BCUT2D eigenvalue weighted by molar-refractivity contribution is -0.117. The van der Waals surface area contributed by atoms with Gasteiger partial charge in [-0.15, -0.1) is 0 Å². The van der Waals surface area contributed by atoms with Crippen LogP contribution in [-0.2, 0) is 21.1 Å². The van der Waals surface area contributed by atoms with Crippen LogP contribution in [0.15, 0.2) is 53.4 Å². The molecule has 0 spiro atoms. The van der Waals surface area contributed by atoms with Crippen molar-refractivity contribution in [2.24, 2.45) is 0 Å². The summed E-state index contributed by atoms with van der Waals surface area (Å²) in [5.41, 5.74) is 2.89. The molecule has 0 aromatic heterocycles. The van der Waals surface area contributed by atoms with Crippen LogP contribution in [0.2, 0.25) is 0 Å². The summed E-state index contributed by atoms with van der Waals surface area (Å²) in [6.45, 7) is 0. The average molecular weight is 384 g/mol. The zero-order chi connectivity index (χ0) is 18.9. The van der Waals surface area contributed by atoms with Crippen molar-refractivity contribution in [1.29, 1.82) is 0 Å². The zero-order valence-electron chi connectivity index (χ0n) is 15.4. The highest BCUT2D eigenvalue weighted by Crippen LogP contribution is 2.33. The van der Waals surface area contributed by atoms with Gasteiger partial charge in [-0.3, -0.25) is 4.79 Å². The quantitative estimate of drug-likeness (QED) is 0.848. The van der Waals surface area contributed by atoms with Gasteiger partial charge in [0.2, 0.25) is 5.91 Å². The second kappa shape index (κ2) is 7.47. The van der Waals surface area contributed by atoms with Crippen LogP contribution in [0.3, 0.4) is 0 Å². The van der Waals surface area contributed by atoms with Gasteiger partial charge in [-0.1, -0.05) is 43.2 Å². The third kappa shape index (κ3) is 3.65. The molecular weight excluding hydrogens is 358 g/mol. The van der Waals surface area contributed by atoms with Gasteiger partial charge in [-0.2, -0.15) is 0 Å². The van der Waals surface area contributed by atoms with E-state index >= 15 is 0 Å². The Morgan fingerprint density at radius 3 is 2.52 bits per heavy atom. The summed E-state index contributed by atoms with van der Waals surface area (Å²) in [6, 6.07) is 14.8. The van der Waals surface area contributed by atoms with E-state index in [4.69, 9.17) is 0 Å². The molecule has 1 saturated carbocycles. The van der Waals surface area contributed by atoms with Crippen molar-refractivity contribution in [1.82, 2.24) is 0 Å². The molecule has 1 atom stereocenters. The molecule has 1 unspecified atom stereocenters. The van der Waals surface area contributed by atoms with E-state index < -0.39 is 9.84 Å².